The molecule has 7 nitrogen and oxygen atoms in total. The third kappa shape index (κ3) is 4.31. The lowest BCUT2D eigenvalue weighted by atomic mass is 10.0. The first kappa shape index (κ1) is 18.6. The molecule has 3 rings (SSSR count). The number of aryl methyl sites for hydroxylation is 1. The first-order valence-electron chi connectivity index (χ1n) is 8.73. The second-order valence-electron chi connectivity index (χ2n) is 6.61. The van der Waals surface area contributed by atoms with E-state index < -0.39 is 10.0 Å². The number of fused-ring (bicyclic) bond motifs is 1. The number of primary sulfonamides is 1. The highest BCUT2D eigenvalue weighted by molar-refractivity contribution is 7.89. The molecule has 1 amide bonds. The van der Waals surface area contributed by atoms with Crippen molar-refractivity contribution >= 4 is 15.9 Å². The van der Waals surface area contributed by atoms with E-state index in [2.05, 4.69) is 17.2 Å². The van der Waals surface area contributed by atoms with Crippen LogP contribution in [-0.2, 0) is 34.7 Å². The molecule has 0 fully saturated rings. The fraction of sp³-hybridized carbons (Fsp3) is 0.444. The molecule has 140 valence electrons. The molecule has 0 aliphatic carbocycles. The number of amides is 1. The molecule has 8 heteroatoms. The predicted octanol–water partition coefficient (Wildman–Crippen LogP) is 1.08. The Hall–Kier alpha value is -2.19. The summed E-state index contributed by atoms with van der Waals surface area (Å²) >= 11 is 0. The van der Waals surface area contributed by atoms with E-state index in [1.807, 2.05) is 29.9 Å². The van der Waals surface area contributed by atoms with Crippen molar-refractivity contribution in [3.8, 4) is 11.3 Å². The third-order valence-electron chi connectivity index (χ3n) is 4.70. The second kappa shape index (κ2) is 7.59. The van der Waals surface area contributed by atoms with E-state index in [4.69, 9.17) is 5.14 Å². The number of nitrogens with zero attached hydrogens (tertiary/aromatic N) is 3. The number of aromatic nitrogens is 2. The molecule has 0 saturated heterocycles. The van der Waals surface area contributed by atoms with Crippen LogP contribution in [0.3, 0.4) is 0 Å². The number of rotatable bonds is 5. The van der Waals surface area contributed by atoms with E-state index in [1.54, 1.807) is 4.90 Å². The van der Waals surface area contributed by atoms with Crippen LogP contribution in [0.5, 0.6) is 0 Å². The number of sulfonamides is 1. The van der Waals surface area contributed by atoms with E-state index in [1.165, 1.54) is 5.56 Å². The molecule has 0 atom stereocenters. The summed E-state index contributed by atoms with van der Waals surface area (Å²) in [6, 6.07) is 10.1. The number of benzene rings is 1. The summed E-state index contributed by atoms with van der Waals surface area (Å²) < 4.78 is 23.9. The van der Waals surface area contributed by atoms with Gasteiger partial charge in [0, 0.05) is 44.1 Å². The molecule has 0 radical (unpaired) electrons. The zero-order chi connectivity index (χ0) is 18.7. The minimum absolute atomic E-state index is 0.0237. The zero-order valence-electron chi connectivity index (χ0n) is 14.9. The summed E-state index contributed by atoms with van der Waals surface area (Å²) in [6.45, 7) is 1.22. The first-order valence-corrected chi connectivity index (χ1v) is 10.4. The Morgan fingerprint density at radius 2 is 1.88 bits per heavy atom. The van der Waals surface area contributed by atoms with Crippen LogP contribution in [0, 0.1) is 0 Å². The molecule has 0 bridgehead atoms. The molecular weight excluding hydrogens is 352 g/mol. The van der Waals surface area contributed by atoms with E-state index in [-0.39, 0.29) is 24.5 Å². The molecule has 0 saturated carbocycles. The quantitative estimate of drug-likeness (QED) is 0.844. The SMILES string of the molecule is Cn1nc2c(c1-c1ccccc1)CCN(C(=O)CCCS(N)(=O)=O)CC2. The maximum atomic E-state index is 12.4. The Morgan fingerprint density at radius 3 is 2.58 bits per heavy atom. The van der Waals surface area contributed by atoms with Crippen LogP contribution < -0.4 is 5.14 Å². The van der Waals surface area contributed by atoms with Gasteiger partial charge in [0.1, 0.15) is 0 Å². The molecule has 2 heterocycles. The molecule has 1 aliphatic heterocycles. The lowest BCUT2D eigenvalue weighted by Gasteiger charge is -2.20. The summed E-state index contributed by atoms with van der Waals surface area (Å²) in [5.74, 6) is -0.183. The average Bonchev–Trinajstić information content (AvgIpc) is 2.76. The van der Waals surface area contributed by atoms with Crippen molar-refractivity contribution in [3.05, 3.63) is 41.6 Å². The number of carbonyl (C=O) groups is 1. The molecule has 0 unspecified atom stereocenters. The van der Waals surface area contributed by atoms with Gasteiger partial charge in [-0.05, 0) is 12.8 Å². The topological polar surface area (TPSA) is 98.3 Å². The summed E-state index contributed by atoms with van der Waals surface area (Å²) in [7, 11) is -1.57. The Labute approximate surface area is 153 Å². The summed E-state index contributed by atoms with van der Waals surface area (Å²) in [5, 5.41) is 9.65. The van der Waals surface area contributed by atoms with Gasteiger partial charge in [0.15, 0.2) is 0 Å². The minimum atomic E-state index is -3.52. The highest BCUT2D eigenvalue weighted by Crippen LogP contribution is 2.28. The van der Waals surface area contributed by atoms with Gasteiger partial charge in [-0.2, -0.15) is 5.10 Å². The van der Waals surface area contributed by atoms with Gasteiger partial charge in [-0.1, -0.05) is 30.3 Å². The molecule has 0 spiro atoms. The van der Waals surface area contributed by atoms with Crippen LogP contribution in [0.1, 0.15) is 24.1 Å². The van der Waals surface area contributed by atoms with Gasteiger partial charge >= 0.3 is 0 Å². The maximum Gasteiger partial charge on any atom is 0.222 e. The lowest BCUT2D eigenvalue weighted by molar-refractivity contribution is -0.131. The highest BCUT2D eigenvalue weighted by Gasteiger charge is 2.24. The van der Waals surface area contributed by atoms with Crippen molar-refractivity contribution in [2.24, 2.45) is 12.2 Å². The normalized spacial score (nSPS) is 14.8. The van der Waals surface area contributed by atoms with Gasteiger partial charge < -0.3 is 4.90 Å². The molecule has 1 aliphatic rings. The Morgan fingerprint density at radius 1 is 1.19 bits per heavy atom. The van der Waals surface area contributed by atoms with Crippen LogP contribution in [0.2, 0.25) is 0 Å². The van der Waals surface area contributed by atoms with Gasteiger partial charge in [-0.15, -0.1) is 0 Å². The average molecular weight is 376 g/mol. The smallest absolute Gasteiger partial charge is 0.222 e. The van der Waals surface area contributed by atoms with Gasteiger partial charge in [0.2, 0.25) is 15.9 Å². The van der Waals surface area contributed by atoms with Crippen molar-refractivity contribution in [3.63, 3.8) is 0 Å². The van der Waals surface area contributed by atoms with Crippen LogP contribution in [-0.4, -0.2) is 47.8 Å². The fourth-order valence-electron chi connectivity index (χ4n) is 3.48. The Balaban J connectivity index is 1.70. The van der Waals surface area contributed by atoms with Gasteiger partial charge in [0.25, 0.3) is 0 Å². The lowest BCUT2D eigenvalue weighted by Crippen LogP contribution is -2.33. The molecule has 1 aromatic heterocycles. The second-order valence-corrected chi connectivity index (χ2v) is 8.35. The number of hydrogen-bond acceptors (Lipinski definition) is 4. The first-order chi connectivity index (χ1) is 12.3. The number of hydrogen-bond donors (Lipinski definition) is 1. The van der Waals surface area contributed by atoms with Crippen molar-refractivity contribution < 1.29 is 13.2 Å². The molecule has 2 N–H and O–H groups in total. The van der Waals surface area contributed by atoms with E-state index in [9.17, 15) is 13.2 Å². The zero-order valence-corrected chi connectivity index (χ0v) is 15.7. The Bertz CT molecular complexity index is 891. The van der Waals surface area contributed by atoms with Crippen molar-refractivity contribution in [2.75, 3.05) is 18.8 Å². The van der Waals surface area contributed by atoms with E-state index in [0.29, 0.717) is 19.5 Å². The van der Waals surface area contributed by atoms with Gasteiger partial charge in [-0.3, -0.25) is 9.48 Å². The Kier molecular flexibility index (Phi) is 5.43. The summed E-state index contributed by atoms with van der Waals surface area (Å²) in [4.78, 5) is 14.2. The standard InChI is InChI=1S/C18H24N4O3S/c1-21-18(14-6-3-2-4-7-14)15-9-11-22(12-10-16(15)20-21)17(23)8-5-13-26(19,24)25/h2-4,6-7H,5,8-13H2,1H3,(H2,19,24,25). The van der Waals surface area contributed by atoms with Crippen molar-refractivity contribution in [2.45, 2.75) is 25.7 Å². The van der Waals surface area contributed by atoms with E-state index >= 15 is 0 Å². The van der Waals surface area contributed by atoms with Crippen molar-refractivity contribution in [1.29, 1.82) is 0 Å². The molecule has 26 heavy (non-hydrogen) atoms. The number of nitrogens with two attached hydrogens (primary N) is 1. The van der Waals surface area contributed by atoms with Crippen LogP contribution in [0.15, 0.2) is 30.3 Å². The van der Waals surface area contributed by atoms with Gasteiger partial charge in [-0.25, -0.2) is 13.6 Å². The maximum absolute atomic E-state index is 12.4. The molecule has 2 aromatic rings. The van der Waals surface area contributed by atoms with Crippen molar-refractivity contribution in [1.82, 2.24) is 14.7 Å². The molecular formula is C18H24N4O3S. The fourth-order valence-corrected chi connectivity index (χ4v) is 4.02. The predicted molar refractivity (Wildman–Crippen MR) is 99.8 cm³/mol. The van der Waals surface area contributed by atoms with Gasteiger partial charge in [0.05, 0.1) is 17.1 Å². The largest absolute Gasteiger partial charge is 0.342 e. The summed E-state index contributed by atoms with van der Waals surface area (Å²) in [6.07, 6.45) is 1.91. The summed E-state index contributed by atoms with van der Waals surface area (Å²) in [5.41, 5.74) is 4.45. The van der Waals surface area contributed by atoms with E-state index in [0.717, 1.165) is 23.4 Å². The minimum Gasteiger partial charge on any atom is -0.342 e. The van der Waals surface area contributed by atoms with Crippen LogP contribution in [0.4, 0.5) is 0 Å². The number of carbonyl (C=O) groups excluding carboxylic acids is 1. The van der Waals surface area contributed by atoms with Crippen LogP contribution in [0.25, 0.3) is 11.3 Å². The monoisotopic (exact) mass is 376 g/mol. The van der Waals surface area contributed by atoms with Crippen LogP contribution >= 0.6 is 0 Å². The third-order valence-corrected chi connectivity index (χ3v) is 5.56. The highest BCUT2D eigenvalue weighted by atomic mass is 32.2. The molecule has 1 aromatic carbocycles.